The van der Waals surface area contributed by atoms with Gasteiger partial charge in [0, 0.05) is 40.4 Å². The van der Waals surface area contributed by atoms with E-state index in [0.29, 0.717) is 28.0 Å². The highest BCUT2D eigenvalue weighted by atomic mass is 35.5. The Balaban J connectivity index is 1.25. The van der Waals surface area contributed by atoms with Crippen molar-refractivity contribution in [1.29, 1.82) is 0 Å². The van der Waals surface area contributed by atoms with Crippen molar-refractivity contribution in [2.45, 2.75) is 75.7 Å². The van der Waals surface area contributed by atoms with Crippen molar-refractivity contribution in [3.63, 3.8) is 0 Å². The van der Waals surface area contributed by atoms with E-state index in [1.165, 1.54) is 11.8 Å². The molecular formula is C33H37Cl2N5O2S. The minimum absolute atomic E-state index is 0.0264. The second kappa shape index (κ2) is 10.9. The number of Topliss-reactive ketones (excluding diaryl/α,β-unsaturated/α-hetero) is 1. The fraction of sp³-hybridized carbons (Fsp3) is 0.485. The second-order valence-electron chi connectivity index (χ2n) is 12.9. The number of carbonyl (C=O) groups excluding carboxylic acids is 2. The van der Waals surface area contributed by atoms with E-state index < -0.39 is 11.6 Å². The van der Waals surface area contributed by atoms with Gasteiger partial charge in [-0.05, 0) is 107 Å². The summed E-state index contributed by atoms with van der Waals surface area (Å²) in [6, 6.07) is 14.9. The SMILES string of the molecule is CC1=C(C(=O)C(C(=O)N2CC(C)NC3(CC3)C2)N2CCCC2)SC2=N[C@@](C)(c3ccc(Cl)cc3)[C@@H](c3ccc(Cl)cc3)N21. The third-order valence-electron chi connectivity index (χ3n) is 9.74. The number of carbonyl (C=O) groups is 2. The first kappa shape index (κ1) is 29.4. The number of hydrogen-bond donors (Lipinski definition) is 1. The van der Waals surface area contributed by atoms with Gasteiger partial charge in [0.1, 0.15) is 5.54 Å². The van der Waals surface area contributed by atoms with Crippen LogP contribution in [0.3, 0.4) is 0 Å². The summed E-state index contributed by atoms with van der Waals surface area (Å²) in [5.74, 6) is -0.160. The highest BCUT2D eigenvalue weighted by Crippen LogP contribution is 2.55. The van der Waals surface area contributed by atoms with Crippen LogP contribution in [0.5, 0.6) is 0 Å². The molecule has 43 heavy (non-hydrogen) atoms. The van der Waals surface area contributed by atoms with Gasteiger partial charge in [-0.25, -0.2) is 4.99 Å². The van der Waals surface area contributed by atoms with Crippen LogP contribution >= 0.6 is 35.0 Å². The summed E-state index contributed by atoms with van der Waals surface area (Å²) >= 11 is 13.9. The lowest BCUT2D eigenvalue weighted by Crippen LogP contribution is -2.62. The van der Waals surface area contributed by atoms with Crippen molar-refractivity contribution in [2.24, 2.45) is 4.99 Å². The molecule has 4 heterocycles. The molecule has 226 valence electrons. The van der Waals surface area contributed by atoms with E-state index in [4.69, 9.17) is 28.2 Å². The molecule has 1 N–H and O–H groups in total. The summed E-state index contributed by atoms with van der Waals surface area (Å²) in [6.45, 7) is 9.09. The summed E-state index contributed by atoms with van der Waals surface area (Å²) in [5.41, 5.74) is 2.32. The Kier molecular flexibility index (Phi) is 7.45. The summed E-state index contributed by atoms with van der Waals surface area (Å²) in [4.78, 5) is 41.0. The summed E-state index contributed by atoms with van der Waals surface area (Å²) in [5, 5.41) is 5.79. The number of allylic oxidation sites excluding steroid dienone is 1. The first-order valence-electron chi connectivity index (χ1n) is 15.2. The molecule has 0 radical (unpaired) electrons. The maximum atomic E-state index is 14.6. The molecule has 2 aromatic rings. The van der Waals surface area contributed by atoms with Crippen LogP contribution in [0.4, 0.5) is 0 Å². The van der Waals surface area contributed by atoms with E-state index in [1.807, 2.05) is 60.4 Å². The monoisotopic (exact) mass is 637 g/mol. The molecule has 4 aliphatic heterocycles. The quantitative estimate of drug-likeness (QED) is 0.393. The summed E-state index contributed by atoms with van der Waals surface area (Å²) < 4.78 is 0. The van der Waals surface area contributed by atoms with E-state index in [9.17, 15) is 9.59 Å². The number of nitrogens with one attached hydrogen (secondary N) is 1. The number of amidine groups is 1. The fourth-order valence-electron chi connectivity index (χ4n) is 7.44. The zero-order valence-corrected chi connectivity index (χ0v) is 27.1. The summed E-state index contributed by atoms with van der Waals surface area (Å²) in [6.07, 6.45) is 4.16. The Morgan fingerprint density at radius 2 is 1.65 bits per heavy atom. The van der Waals surface area contributed by atoms with E-state index in [-0.39, 0.29) is 29.3 Å². The molecule has 4 atom stereocenters. The Morgan fingerprint density at radius 3 is 2.28 bits per heavy atom. The Bertz CT molecular complexity index is 1520. The number of fused-ring (bicyclic) bond motifs is 1. The van der Waals surface area contributed by atoms with Crippen LogP contribution in [0.25, 0.3) is 0 Å². The highest BCUT2D eigenvalue weighted by molar-refractivity contribution is 8.18. The van der Waals surface area contributed by atoms with Gasteiger partial charge >= 0.3 is 0 Å². The van der Waals surface area contributed by atoms with Crippen LogP contribution in [0, 0.1) is 0 Å². The van der Waals surface area contributed by atoms with Crippen molar-refractivity contribution in [3.05, 3.63) is 80.3 Å². The van der Waals surface area contributed by atoms with Gasteiger partial charge in [-0.2, -0.15) is 0 Å². The molecule has 7 rings (SSSR count). The fourth-order valence-corrected chi connectivity index (χ4v) is 8.91. The van der Waals surface area contributed by atoms with Gasteiger partial charge in [0.2, 0.25) is 5.91 Å². The number of likely N-dealkylation sites (tertiary alicyclic amines) is 1. The third kappa shape index (κ3) is 5.13. The third-order valence-corrected chi connectivity index (χ3v) is 11.4. The predicted octanol–water partition coefficient (Wildman–Crippen LogP) is 5.99. The number of piperazine rings is 1. The van der Waals surface area contributed by atoms with Gasteiger partial charge < -0.3 is 15.1 Å². The molecule has 0 bridgehead atoms. The average molecular weight is 639 g/mol. The number of halogens is 2. The molecule has 2 unspecified atom stereocenters. The maximum absolute atomic E-state index is 14.6. The van der Waals surface area contributed by atoms with E-state index in [2.05, 4.69) is 29.0 Å². The topological polar surface area (TPSA) is 68.2 Å². The van der Waals surface area contributed by atoms with Crippen molar-refractivity contribution < 1.29 is 9.59 Å². The largest absolute Gasteiger partial charge is 0.338 e. The van der Waals surface area contributed by atoms with E-state index >= 15 is 0 Å². The zero-order valence-electron chi connectivity index (χ0n) is 24.8. The van der Waals surface area contributed by atoms with Crippen molar-refractivity contribution in [3.8, 4) is 0 Å². The Morgan fingerprint density at radius 1 is 1.02 bits per heavy atom. The van der Waals surface area contributed by atoms with Crippen LogP contribution in [-0.4, -0.2) is 75.4 Å². The molecule has 1 aliphatic carbocycles. The van der Waals surface area contributed by atoms with Gasteiger partial charge in [0.15, 0.2) is 17.0 Å². The normalized spacial score (nSPS) is 28.8. The number of ketones is 1. The first-order valence-corrected chi connectivity index (χ1v) is 16.8. The van der Waals surface area contributed by atoms with Crippen LogP contribution < -0.4 is 5.32 Å². The number of rotatable bonds is 6. The van der Waals surface area contributed by atoms with Crippen LogP contribution in [0.15, 0.2) is 64.1 Å². The van der Waals surface area contributed by atoms with Crippen molar-refractivity contribution >= 4 is 51.8 Å². The molecule has 1 saturated carbocycles. The van der Waals surface area contributed by atoms with Crippen LogP contribution in [0.2, 0.25) is 10.0 Å². The van der Waals surface area contributed by atoms with E-state index in [0.717, 1.165) is 60.8 Å². The minimum atomic E-state index is -0.807. The molecule has 2 aromatic carbocycles. The molecule has 5 aliphatic rings. The lowest BCUT2D eigenvalue weighted by Gasteiger charge is -2.40. The lowest BCUT2D eigenvalue weighted by molar-refractivity contribution is -0.143. The van der Waals surface area contributed by atoms with Gasteiger partial charge in [-0.3, -0.25) is 14.5 Å². The molecule has 2 saturated heterocycles. The molecule has 3 fully saturated rings. The first-order chi connectivity index (χ1) is 20.6. The second-order valence-corrected chi connectivity index (χ2v) is 14.8. The lowest BCUT2D eigenvalue weighted by atomic mass is 9.81. The summed E-state index contributed by atoms with van der Waals surface area (Å²) in [7, 11) is 0. The average Bonchev–Trinajstić information content (AvgIpc) is 3.28. The number of amides is 1. The Hall–Kier alpha value is -2.36. The minimum Gasteiger partial charge on any atom is -0.338 e. The molecule has 1 spiro atoms. The maximum Gasteiger partial charge on any atom is 0.248 e. The standard InChI is InChI=1S/C33H37Cl2N5O2S/c1-20-18-39(19-33(36-20)14-15-33)30(42)26(38-16-4-5-17-38)27(41)28-21(2)40-29(22-6-10-24(34)11-7-22)32(3,37-31(40)43-28)23-8-12-25(35)13-9-23/h6-13,20,26,29,36H,4-5,14-19H2,1-3H3/t20?,26?,29-,32+/m1/s1. The van der Waals surface area contributed by atoms with Crippen LogP contribution in [-0.2, 0) is 15.1 Å². The van der Waals surface area contributed by atoms with Gasteiger partial charge in [0.25, 0.3) is 0 Å². The van der Waals surface area contributed by atoms with Gasteiger partial charge in [0.05, 0.1) is 10.9 Å². The number of nitrogens with zero attached hydrogens (tertiary/aromatic N) is 4. The molecule has 1 amide bonds. The predicted molar refractivity (Wildman–Crippen MR) is 173 cm³/mol. The zero-order chi connectivity index (χ0) is 30.1. The Labute approximate surface area is 267 Å². The molecular weight excluding hydrogens is 601 g/mol. The van der Waals surface area contributed by atoms with Gasteiger partial charge in [-0.1, -0.05) is 47.5 Å². The molecule has 10 heteroatoms. The highest BCUT2D eigenvalue weighted by Gasteiger charge is 2.54. The van der Waals surface area contributed by atoms with Gasteiger partial charge in [-0.15, -0.1) is 0 Å². The number of aliphatic imine (C=N–C) groups is 1. The molecule has 7 nitrogen and oxygen atoms in total. The number of hydrogen-bond acceptors (Lipinski definition) is 7. The van der Waals surface area contributed by atoms with Crippen LogP contribution in [0.1, 0.15) is 63.6 Å². The smallest absolute Gasteiger partial charge is 0.248 e. The number of benzene rings is 2. The van der Waals surface area contributed by atoms with Crippen molar-refractivity contribution in [1.82, 2.24) is 20.0 Å². The molecule has 0 aromatic heterocycles. The van der Waals surface area contributed by atoms with Crippen molar-refractivity contribution in [2.75, 3.05) is 26.2 Å². The van der Waals surface area contributed by atoms with E-state index in [1.54, 1.807) is 0 Å². The number of thioether (sulfide) groups is 1.